The average molecular weight is 460 g/mol. The van der Waals surface area contributed by atoms with E-state index in [1.54, 1.807) is 31.5 Å². The van der Waals surface area contributed by atoms with Gasteiger partial charge < -0.3 is 15.2 Å². The van der Waals surface area contributed by atoms with Crippen molar-refractivity contribution in [3.63, 3.8) is 0 Å². The third-order valence-corrected chi connectivity index (χ3v) is 7.24. The molecule has 3 rings (SSSR count). The zero-order valence-electron chi connectivity index (χ0n) is 18.1. The van der Waals surface area contributed by atoms with Crippen LogP contribution in [0.3, 0.4) is 0 Å². The SMILES string of the molecule is CCc1cccc(-c2csc(NC(=O)CNC(=O)c3ccc(C)c(P(C)(C)=O)c3)n2)c1.[HH].[HH]. The molecule has 0 aliphatic rings. The number of thiazole rings is 1. The Hall–Kier alpha value is -2.76. The molecule has 0 saturated carbocycles. The fourth-order valence-electron chi connectivity index (χ4n) is 3.17. The Labute approximate surface area is 189 Å². The van der Waals surface area contributed by atoms with Gasteiger partial charge in [-0.3, -0.25) is 9.59 Å². The number of hydrogen-bond donors (Lipinski definition) is 2. The van der Waals surface area contributed by atoms with E-state index in [2.05, 4.69) is 34.7 Å². The van der Waals surface area contributed by atoms with E-state index in [1.807, 2.05) is 24.4 Å². The number of nitrogens with one attached hydrogen (secondary N) is 2. The largest absolute Gasteiger partial charge is 0.343 e. The lowest BCUT2D eigenvalue weighted by Crippen LogP contribution is -2.33. The predicted molar refractivity (Wildman–Crippen MR) is 132 cm³/mol. The van der Waals surface area contributed by atoms with E-state index in [1.165, 1.54) is 16.9 Å². The molecule has 1 heterocycles. The zero-order valence-corrected chi connectivity index (χ0v) is 19.8. The molecule has 3 aromatic rings. The molecule has 0 atom stereocenters. The summed E-state index contributed by atoms with van der Waals surface area (Å²) in [7, 11) is -2.50. The fourth-order valence-corrected chi connectivity index (χ4v) is 5.28. The summed E-state index contributed by atoms with van der Waals surface area (Å²) >= 11 is 1.34. The summed E-state index contributed by atoms with van der Waals surface area (Å²) in [5, 5.41) is 8.37. The molecule has 0 aliphatic carbocycles. The number of nitrogens with zero attached hydrogens (tertiary/aromatic N) is 1. The first-order chi connectivity index (χ1) is 14.7. The van der Waals surface area contributed by atoms with Crippen LogP contribution in [0.1, 0.15) is 31.3 Å². The topological polar surface area (TPSA) is 88.2 Å². The average Bonchev–Trinajstić information content (AvgIpc) is 3.20. The summed E-state index contributed by atoms with van der Waals surface area (Å²) < 4.78 is 12.4. The van der Waals surface area contributed by atoms with E-state index >= 15 is 0 Å². The second-order valence-electron chi connectivity index (χ2n) is 7.67. The molecule has 0 radical (unpaired) electrons. The van der Waals surface area contributed by atoms with Gasteiger partial charge in [0.15, 0.2) is 5.13 Å². The maximum atomic E-state index is 12.4. The molecule has 6 nitrogen and oxygen atoms in total. The Morgan fingerprint density at radius 1 is 1.16 bits per heavy atom. The highest BCUT2D eigenvalue weighted by molar-refractivity contribution is 7.70. The Kier molecular flexibility index (Phi) is 7.08. The molecule has 2 aromatic carbocycles. The highest BCUT2D eigenvalue weighted by Gasteiger charge is 2.17. The Balaban J connectivity index is 0.00000272. The molecule has 2 amide bonds. The van der Waals surface area contributed by atoms with Gasteiger partial charge in [-0.15, -0.1) is 11.3 Å². The number of anilines is 1. The van der Waals surface area contributed by atoms with Gasteiger partial charge in [0.1, 0.15) is 7.14 Å². The van der Waals surface area contributed by atoms with Crippen molar-refractivity contribution in [3.05, 3.63) is 64.5 Å². The number of carbonyl (C=O) groups is 2. The monoisotopic (exact) mass is 459 g/mol. The molecule has 2 N–H and O–H groups in total. The summed E-state index contributed by atoms with van der Waals surface area (Å²) in [4.78, 5) is 29.2. The van der Waals surface area contributed by atoms with Gasteiger partial charge in [-0.1, -0.05) is 31.2 Å². The number of hydrogen-bond acceptors (Lipinski definition) is 5. The second kappa shape index (κ2) is 9.58. The smallest absolute Gasteiger partial charge is 0.251 e. The number of carbonyl (C=O) groups excluding carboxylic acids is 2. The summed E-state index contributed by atoms with van der Waals surface area (Å²) in [6.07, 6.45) is 0.942. The van der Waals surface area contributed by atoms with Crippen molar-refractivity contribution in [3.8, 4) is 11.3 Å². The second-order valence-corrected chi connectivity index (χ2v) is 11.7. The van der Waals surface area contributed by atoms with E-state index in [0.29, 0.717) is 16.0 Å². The van der Waals surface area contributed by atoms with Crippen LogP contribution in [0.15, 0.2) is 47.8 Å². The lowest BCUT2D eigenvalue weighted by atomic mass is 10.1. The van der Waals surface area contributed by atoms with Crippen molar-refractivity contribution in [2.45, 2.75) is 20.3 Å². The first-order valence-electron chi connectivity index (χ1n) is 9.96. The molecule has 0 bridgehead atoms. The Morgan fingerprint density at radius 2 is 1.94 bits per heavy atom. The molecule has 0 aliphatic heterocycles. The van der Waals surface area contributed by atoms with Crippen LogP contribution in [-0.4, -0.2) is 36.7 Å². The van der Waals surface area contributed by atoms with Gasteiger partial charge in [-0.2, -0.15) is 0 Å². The van der Waals surface area contributed by atoms with Crippen LogP contribution in [0.4, 0.5) is 5.13 Å². The summed E-state index contributed by atoms with van der Waals surface area (Å²) in [6.45, 7) is 7.13. The molecule has 0 fully saturated rings. The molecular formula is C23H30N3O3PS. The zero-order chi connectivity index (χ0) is 22.6. The van der Waals surface area contributed by atoms with Crippen molar-refractivity contribution in [1.82, 2.24) is 10.3 Å². The summed E-state index contributed by atoms with van der Waals surface area (Å²) in [6, 6.07) is 13.2. The summed E-state index contributed by atoms with van der Waals surface area (Å²) in [5.41, 5.74) is 4.29. The van der Waals surface area contributed by atoms with Crippen molar-refractivity contribution in [2.75, 3.05) is 25.2 Å². The molecule has 0 spiro atoms. The number of aryl methyl sites for hydroxylation is 2. The van der Waals surface area contributed by atoms with Gasteiger partial charge in [0.2, 0.25) is 5.91 Å². The third kappa shape index (κ3) is 5.90. The molecule has 0 unspecified atom stereocenters. The van der Waals surface area contributed by atoms with E-state index in [0.717, 1.165) is 23.2 Å². The lowest BCUT2D eigenvalue weighted by Gasteiger charge is -2.12. The van der Waals surface area contributed by atoms with Crippen LogP contribution in [0, 0.1) is 6.92 Å². The van der Waals surface area contributed by atoms with E-state index in [9.17, 15) is 14.2 Å². The number of rotatable bonds is 7. The minimum Gasteiger partial charge on any atom is -0.343 e. The van der Waals surface area contributed by atoms with E-state index in [-0.39, 0.29) is 21.2 Å². The molecule has 31 heavy (non-hydrogen) atoms. The Bertz CT molecular complexity index is 1180. The van der Waals surface area contributed by atoms with Crippen molar-refractivity contribution < 1.29 is 17.0 Å². The number of benzene rings is 2. The van der Waals surface area contributed by atoms with Crippen LogP contribution < -0.4 is 15.9 Å². The predicted octanol–water partition coefficient (Wildman–Crippen LogP) is 4.79. The van der Waals surface area contributed by atoms with Crippen LogP contribution in [0.25, 0.3) is 11.3 Å². The third-order valence-electron chi connectivity index (χ3n) is 4.84. The molecule has 1 aromatic heterocycles. The number of aromatic nitrogens is 1. The Morgan fingerprint density at radius 3 is 2.65 bits per heavy atom. The highest BCUT2D eigenvalue weighted by atomic mass is 32.1. The quantitative estimate of drug-likeness (QED) is 0.497. The molecular weight excluding hydrogens is 429 g/mol. The van der Waals surface area contributed by atoms with Crippen LogP contribution in [-0.2, 0) is 15.8 Å². The first kappa shape index (κ1) is 22.9. The molecule has 166 valence electrons. The maximum Gasteiger partial charge on any atom is 0.251 e. The highest BCUT2D eigenvalue weighted by Crippen LogP contribution is 2.36. The van der Waals surface area contributed by atoms with Gasteiger partial charge >= 0.3 is 0 Å². The standard InChI is InChI=1S/C23H26N3O3PS.2H2/c1-5-16-7-6-8-17(11-16)19-14-31-23(25-19)26-21(27)13-24-22(28)18-10-9-15(2)20(12-18)30(3,4)29;;/h6-12,14H,5,13H2,1-4H3,(H,24,28)(H,25,26,27);2*1H. The van der Waals surface area contributed by atoms with Crippen molar-refractivity contribution in [1.29, 1.82) is 0 Å². The van der Waals surface area contributed by atoms with E-state index in [4.69, 9.17) is 0 Å². The van der Waals surface area contributed by atoms with Gasteiger partial charge in [-0.25, -0.2) is 4.98 Å². The minimum absolute atomic E-state index is 0. The van der Waals surface area contributed by atoms with E-state index < -0.39 is 7.14 Å². The fraction of sp³-hybridized carbons (Fsp3) is 0.261. The maximum absolute atomic E-state index is 12.4. The van der Waals surface area contributed by atoms with Crippen LogP contribution in [0.5, 0.6) is 0 Å². The van der Waals surface area contributed by atoms with Crippen molar-refractivity contribution in [2.24, 2.45) is 0 Å². The van der Waals surface area contributed by atoms with Crippen molar-refractivity contribution >= 4 is 40.7 Å². The normalized spacial score (nSPS) is 11.2. The van der Waals surface area contributed by atoms with Crippen LogP contribution >= 0.6 is 18.5 Å². The number of amides is 2. The van der Waals surface area contributed by atoms with Gasteiger partial charge in [0.05, 0.1) is 12.2 Å². The summed E-state index contributed by atoms with van der Waals surface area (Å²) in [5.74, 6) is -0.749. The molecule has 0 saturated heterocycles. The minimum atomic E-state index is -2.50. The first-order valence-corrected chi connectivity index (χ1v) is 13.4. The van der Waals surface area contributed by atoms with Gasteiger partial charge in [-0.05, 0) is 56.0 Å². The van der Waals surface area contributed by atoms with Gasteiger partial charge in [0, 0.05) is 24.7 Å². The lowest BCUT2D eigenvalue weighted by molar-refractivity contribution is -0.115. The molecule has 8 heteroatoms. The van der Waals surface area contributed by atoms with Gasteiger partial charge in [0.25, 0.3) is 5.91 Å². The van der Waals surface area contributed by atoms with Crippen LogP contribution in [0.2, 0.25) is 0 Å².